The Morgan fingerprint density at radius 1 is 1.04 bits per heavy atom. The number of carbonyl (C=O) groups excluding carboxylic acids is 2. The highest BCUT2D eigenvalue weighted by molar-refractivity contribution is 6.05. The lowest BCUT2D eigenvalue weighted by atomic mass is 9.65. The van der Waals surface area contributed by atoms with Crippen LogP contribution in [0, 0.1) is 11.3 Å². The van der Waals surface area contributed by atoms with Crippen LogP contribution in [0.15, 0.2) is 24.3 Å². The molecule has 1 spiro atoms. The molecular formula is C21H29N3O4. The average Bonchev–Trinajstić information content (AvgIpc) is 2.68. The van der Waals surface area contributed by atoms with Gasteiger partial charge >= 0.3 is 6.03 Å². The molecule has 1 N–H and O–H groups in total. The van der Waals surface area contributed by atoms with Crippen molar-refractivity contribution in [3.05, 3.63) is 24.3 Å². The Hall–Kier alpha value is -2.12. The molecule has 0 bridgehead atoms. The second kappa shape index (κ2) is 7.72. The molecule has 2 aliphatic heterocycles. The van der Waals surface area contributed by atoms with Crippen LogP contribution >= 0.6 is 0 Å². The van der Waals surface area contributed by atoms with Crippen molar-refractivity contribution >= 4 is 23.3 Å². The van der Waals surface area contributed by atoms with Crippen LogP contribution < -0.4 is 15.1 Å². The summed E-state index contributed by atoms with van der Waals surface area (Å²) in [6.07, 6.45) is 5.01. The highest BCUT2D eigenvalue weighted by atomic mass is 16.7. The van der Waals surface area contributed by atoms with E-state index in [2.05, 4.69) is 22.3 Å². The summed E-state index contributed by atoms with van der Waals surface area (Å²) in [6, 6.07) is 7.74. The number of amides is 3. The van der Waals surface area contributed by atoms with E-state index in [0.717, 1.165) is 31.6 Å². The third-order valence-corrected chi connectivity index (χ3v) is 6.57. The number of rotatable bonds is 5. The molecule has 0 aromatic heterocycles. The van der Waals surface area contributed by atoms with Crippen LogP contribution in [0.1, 0.15) is 32.1 Å². The Kier molecular flexibility index (Phi) is 5.29. The molecule has 2 saturated heterocycles. The standard InChI is InChI=1S/C21H29N3O4/c1-27-19(28-2)15-7-10-21(11-8-15)13-23(14-21)16-3-5-17(6-4-16)24-12-9-18(25)22-20(24)26/h3-6,15,19H,7-14H2,1-2H3,(H,22,25,26). The van der Waals surface area contributed by atoms with Gasteiger partial charge in [0, 0.05) is 63.0 Å². The Balaban J connectivity index is 1.32. The van der Waals surface area contributed by atoms with Crippen molar-refractivity contribution in [3.63, 3.8) is 0 Å². The summed E-state index contributed by atoms with van der Waals surface area (Å²) in [7, 11) is 3.44. The second-order valence-electron chi connectivity index (χ2n) is 8.30. The van der Waals surface area contributed by atoms with E-state index >= 15 is 0 Å². The SMILES string of the molecule is COC(OC)C1CCC2(CC1)CN(c1ccc(N3CCC(=O)NC3=O)cc1)C2. The lowest BCUT2D eigenvalue weighted by Gasteiger charge is -2.55. The van der Waals surface area contributed by atoms with Crippen LogP contribution in [0.3, 0.4) is 0 Å². The molecule has 3 aliphatic rings. The van der Waals surface area contributed by atoms with Gasteiger partial charge in [0.25, 0.3) is 0 Å². The van der Waals surface area contributed by atoms with Crippen molar-refractivity contribution < 1.29 is 19.1 Å². The fourth-order valence-electron chi connectivity index (χ4n) is 4.92. The smallest absolute Gasteiger partial charge is 0.328 e. The van der Waals surface area contributed by atoms with Crippen molar-refractivity contribution in [2.24, 2.45) is 11.3 Å². The van der Waals surface area contributed by atoms with Crippen LogP contribution in [0.5, 0.6) is 0 Å². The van der Waals surface area contributed by atoms with Gasteiger partial charge in [-0.05, 0) is 49.9 Å². The first-order valence-electron chi connectivity index (χ1n) is 10.1. The number of carbonyl (C=O) groups is 2. The number of benzene rings is 1. The van der Waals surface area contributed by atoms with Gasteiger partial charge in [-0.25, -0.2) is 4.79 Å². The van der Waals surface area contributed by atoms with Gasteiger partial charge in [-0.3, -0.25) is 15.0 Å². The highest BCUT2D eigenvalue weighted by Gasteiger charge is 2.46. The van der Waals surface area contributed by atoms with Crippen molar-refractivity contribution in [3.8, 4) is 0 Å². The van der Waals surface area contributed by atoms with Crippen molar-refractivity contribution in [2.75, 3.05) is 43.7 Å². The van der Waals surface area contributed by atoms with Crippen molar-refractivity contribution in [1.29, 1.82) is 0 Å². The molecule has 1 aromatic carbocycles. The lowest BCUT2D eigenvalue weighted by molar-refractivity contribution is -0.150. The van der Waals surface area contributed by atoms with E-state index in [1.165, 1.54) is 18.5 Å². The first kappa shape index (κ1) is 19.2. The van der Waals surface area contributed by atoms with E-state index in [9.17, 15) is 9.59 Å². The fraction of sp³-hybridized carbons (Fsp3) is 0.619. The van der Waals surface area contributed by atoms with E-state index in [4.69, 9.17) is 9.47 Å². The summed E-state index contributed by atoms with van der Waals surface area (Å²) in [5.41, 5.74) is 2.44. The molecule has 3 amide bonds. The molecule has 7 nitrogen and oxygen atoms in total. The van der Waals surface area contributed by atoms with E-state index < -0.39 is 0 Å². The van der Waals surface area contributed by atoms with Gasteiger partial charge in [-0.1, -0.05) is 0 Å². The first-order valence-corrected chi connectivity index (χ1v) is 10.1. The van der Waals surface area contributed by atoms with E-state index in [1.807, 2.05) is 12.1 Å². The predicted octanol–water partition coefficient (Wildman–Crippen LogP) is 2.75. The minimum absolute atomic E-state index is 0.0802. The average molecular weight is 387 g/mol. The van der Waals surface area contributed by atoms with Gasteiger partial charge in [0.15, 0.2) is 6.29 Å². The molecular weight excluding hydrogens is 358 g/mol. The van der Waals surface area contributed by atoms with Gasteiger partial charge < -0.3 is 14.4 Å². The minimum Gasteiger partial charge on any atom is -0.370 e. The summed E-state index contributed by atoms with van der Waals surface area (Å²) in [5, 5.41) is 2.37. The number of urea groups is 1. The zero-order chi connectivity index (χ0) is 19.7. The van der Waals surface area contributed by atoms with Crippen LogP contribution in [0.2, 0.25) is 0 Å². The van der Waals surface area contributed by atoms with Gasteiger partial charge in [0.1, 0.15) is 0 Å². The van der Waals surface area contributed by atoms with Crippen LogP contribution in [0.4, 0.5) is 16.2 Å². The molecule has 1 aromatic rings. The Labute approximate surface area is 166 Å². The molecule has 28 heavy (non-hydrogen) atoms. The third-order valence-electron chi connectivity index (χ3n) is 6.57. The summed E-state index contributed by atoms with van der Waals surface area (Å²) in [5.74, 6) is 0.289. The molecule has 7 heteroatoms. The fourth-order valence-corrected chi connectivity index (χ4v) is 4.92. The number of ether oxygens (including phenoxy) is 2. The number of hydrogen-bond donors (Lipinski definition) is 1. The summed E-state index contributed by atoms with van der Waals surface area (Å²) in [4.78, 5) is 27.3. The normalized spacial score (nSPS) is 22.5. The number of anilines is 2. The van der Waals surface area contributed by atoms with Crippen LogP contribution in [-0.4, -0.2) is 52.1 Å². The molecule has 4 rings (SSSR count). The van der Waals surface area contributed by atoms with Crippen LogP contribution in [-0.2, 0) is 14.3 Å². The number of hydrogen-bond acceptors (Lipinski definition) is 5. The largest absolute Gasteiger partial charge is 0.370 e. The van der Waals surface area contributed by atoms with Gasteiger partial charge in [-0.15, -0.1) is 0 Å². The Bertz CT molecular complexity index is 716. The molecule has 1 saturated carbocycles. The van der Waals surface area contributed by atoms with Gasteiger partial charge in [-0.2, -0.15) is 0 Å². The highest BCUT2D eigenvalue weighted by Crippen LogP contribution is 2.48. The quantitative estimate of drug-likeness (QED) is 0.787. The molecule has 152 valence electrons. The second-order valence-corrected chi connectivity index (χ2v) is 8.30. The summed E-state index contributed by atoms with van der Waals surface area (Å²) < 4.78 is 10.9. The molecule has 1 aliphatic carbocycles. The number of nitrogens with one attached hydrogen (secondary N) is 1. The predicted molar refractivity (Wildman–Crippen MR) is 106 cm³/mol. The maximum Gasteiger partial charge on any atom is 0.328 e. The van der Waals surface area contributed by atoms with Crippen molar-refractivity contribution in [1.82, 2.24) is 5.32 Å². The van der Waals surface area contributed by atoms with E-state index in [-0.39, 0.29) is 18.2 Å². The lowest BCUT2D eigenvalue weighted by Crippen LogP contribution is -2.58. The monoisotopic (exact) mass is 387 g/mol. The Morgan fingerprint density at radius 2 is 1.64 bits per heavy atom. The molecule has 2 heterocycles. The van der Waals surface area contributed by atoms with Gasteiger partial charge in [0.2, 0.25) is 5.91 Å². The van der Waals surface area contributed by atoms with E-state index in [1.54, 1.807) is 19.1 Å². The number of imide groups is 1. The van der Waals surface area contributed by atoms with Crippen molar-refractivity contribution in [2.45, 2.75) is 38.4 Å². The number of nitrogens with zero attached hydrogens (tertiary/aromatic N) is 2. The van der Waals surface area contributed by atoms with E-state index in [0.29, 0.717) is 24.3 Å². The molecule has 0 radical (unpaired) electrons. The zero-order valence-corrected chi connectivity index (χ0v) is 16.6. The molecule has 3 fully saturated rings. The molecule has 0 atom stereocenters. The topological polar surface area (TPSA) is 71.1 Å². The maximum absolute atomic E-state index is 12.0. The zero-order valence-electron chi connectivity index (χ0n) is 16.6. The minimum atomic E-state index is -0.339. The number of methoxy groups -OCH3 is 2. The van der Waals surface area contributed by atoms with Gasteiger partial charge in [0.05, 0.1) is 0 Å². The Morgan fingerprint density at radius 3 is 2.21 bits per heavy atom. The third kappa shape index (κ3) is 3.61. The first-order chi connectivity index (χ1) is 13.5. The molecule has 0 unspecified atom stereocenters. The van der Waals surface area contributed by atoms with Crippen LogP contribution in [0.25, 0.3) is 0 Å². The summed E-state index contributed by atoms with van der Waals surface area (Å²) in [6.45, 7) is 2.60. The maximum atomic E-state index is 12.0. The summed E-state index contributed by atoms with van der Waals surface area (Å²) >= 11 is 0.